The van der Waals surface area contributed by atoms with Crippen LogP contribution in [0.1, 0.15) is 30.0 Å². The van der Waals surface area contributed by atoms with Crippen molar-refractivity contribution in [1.82, 2.24) is 0 Å². The molecule has 0 bridgehead atoms. The van der Waals surface area contributed by atoms with Crippen LogP contribution in [0.2, 0.25) is 5.02 Å². The van der Waals surface area contributed by atoms with Crippen LogP contribution in [0.4, 0.5) is 13.2 Å². The van der Waals surface area contributed by atoms with Crippen molar-refractivity contribution in [3.63, 3.8) is 0 Å². The molecule has 1 aromatic carbocycles. The summed E-state index contributed by atoms with van der Waals surface area (Å²) in [6.07, 6.45) is -1.89. The minimum atomic E-state index is -4.44. The van der Waals surface area contributed by atoms with Gasteiger partial charge >= 0.3 is 6.18 Å². The van der Waals surface area contributed by atoms with Gasteiger partial charge < -0.3 is 5.73 Å². The number of rotatable bonds is 4. The average Bonchev–Trinajstić information content (AvgIpc) is 2.24. The van der Waals surface area contributed by atoms with Crippen molar-refractivity contribution in [1.29, 1.82) is 0 Å². The van der Waals surface area contributed by atoms with Gasteiger partial charge in [0.2, 0.25) is 0 Å². The van der Waals surface area contributed by atoms with Crippen LogP contribution in [0.3, 0.4) is 0 Å². The van der Waals surface area contributed by atoms with Crippen molar-refractivity contribution in [2.75, 3.05) is 0 Å². The molecule has 18 heavy (non-hydrogen) atoms. The number of benzene rings is 1. The maximum Gasteiger partial charge on any atom is 0.416 e. The molecule has 0 spiro atoms. The fourth-order valence-corrected chi connectivity index (χ4v) is 1.92. The van der Waals surface area contributed by atoms with E-state index in [9.17, 15) is 13.2 Å². The van der Waals surface area contributed by atoms with Gasteiger partial charge in [-0.2, -0.15) is 13.2 Å². The van der Waals surface area contributed by atoms with E-state index in [1.165, 1.54) is 12.1 Å². The van der Waals surface area contributed by atoms with E-state index in [-0.39, 0.29) is 23.0 Å². The lowest BCUT2D eigenvalue weighted by Crippen LogP contribution is -2.18. The summed E-state index contributed by atoms with van der Waals surface area (Å²) in [5.74, 6) is 0. The van der Waals surface area contributed by atoms with Gasteiger partial charge in [0.05, 0.1) is 5.56 Å². The predicted molar refractivity (Wildman–Crippen MR) is 70.1 cm³/mol. The summed E-state index contributed by atoms with van der Waals surface area (Å²) in [7, 11) is 0. The van der Waals surface area contributed by atoms with Gasteiger partial charge in [0, 0.05) is 11.1 Å². The minimum absolute atomic E-state index is 0. The maximum atomic E-state index is 12.8. The Morgan fingerprint density at radius 2 is 2.00 bits per heavy atom. The molecule has 0 aromatic heterocycles. The van der Waals surface area contributed by atoms with Crippen molar-refractivity contribution in [3.05, 3.63) is 47.0 Å². The third-order valence-corrected chi connectivity index (χ3v) is 2.74. The number of hydrogen-bond donors (Lipinski definition) is 1. The van der Waals surface area contributed by atoms with Gasteiger partial charge in [-0.1, -0.05) is 23.7 Å². The number of halogens is 5. The summed E-state index contributed by atoms with van der Waals surface area (Å²) < 4.78 is 38.3. The van der Waals surface area contributed by atoms with E-state index < -0.39 is 17.8 Å². The van der Waals surface area contributed by atoms with Crippen LogP contribution < -0.4 is 5.73 Å². The van der Waals surface area contributed by atoms with Gasteiger partial charge in [-0.3, -0.25) is 0 Å². The standard InChI is InChI=1S/C12H13ClF3N.ClH/c1-2-3-7-10(17)11-8(12(14,15)16)5-4-6-9(11)13;/h2,4-6,10H,1,3,7,17H2;1H/t10-;/m0./s1. The molecule has 0 heterocycles. The zero-order valence-electron chi connectivity index (χ0n) is 9.51. The topological polar surface area (TPSA) is 26.0 Å². The molecule has 1 atom stereocenters. The lowest BCUT2D eigenvalue weighted by atomic mass is 9.97. The van der Waals surface area contributed by atoms with Crippen LogP contribution in [0, 0.1) is 0 Å². The lowest BCUT2D eigenvalue weighted by molar-refractivity contribution is -0.138. The van der Waals surface area contributed by atoms with Crippen LogP contribution in [0.25, 0.3) is 0 Å². The molecular formula is C12H14Cl2F3N. The molecule has 6 heteroatoms. The first-order chi connectivity index (χ1) is 7.88. The Labute approximate surface area is 115 Å². The second kappa shape index (κ2) is 7.02. The summed E-state index contributed by atoms with van der Waals surface area (Å²) in [6, 6.07) is 2.95. The molecule has 0 amide bonds. The molecule has 0 aliphatic rings. The van der Waals surface area contributed by atoms with Gasteiger partial charge in [-0.15, -0.1) is 19.0 Å². The van der Waals surface area contributed by atoms with Gasteiger partial charge in [-0.05, 0) is 30.5 Å². The molecule has 0 radical (unpaired) electrons. The maximum absolute atomic E-state index is 12.8. The zero-order valence-corrected chi connectivity index (χ0v) is 11.1. The Kier molecular flexibility index (Phi) is 6.74. The van der Waals surface area contributed by atoms with E-state index in [4.69, 9.17) is 17.3 Å². The van der Waals surface area contributed by atoms with Crippen molar-refractivity contribution in [2.45, 2.75) is 25.1 Å². The summed E-state index contributed by atoms with van der Waals surface area (Å²) in [5, 5.41) is 0.0522. The van der Waals surface area contributed by atoms with E-state index in [2.05, 4.69) is 6.58 Å². The second-order valence-electron chi connectivity index (χ2n) is 3.67. The highest BCUT2D eigenvalue weighted by molar-refractivity contribution is 6.31. The first-order valence-electron chi connectivity index (χ1n) is 5.10. The van der Waals surface area contributed by atoms with Crippen molar-refractivity contribution >= 4 is 24.0 Å². The normalized spacial score (nSPS) is 12.7. The molecule has 0 aliphatic carbocycles. The highest BCUT2D eigenvalue weighted by atomic mass is 35.5. The van der Waals surface area contributed by atoms with Crippen LogP contribution in [-0.2, 0) is 6.18 Å². The Balaban J connectivity index is 0.00000289. The molecule has 0 unspecified atom stereocenters. The van der Waals surface area contributed by atoms with Crippen LogP contribution >= 0.6 is 24.0 Å². The molecule has 0 fully saturated rings. The number of nitrogens with two attached hydrogens (primary N) is 1. The van der Waals surface area contributed by atoms with E-state index in [0.717, 1.165) is 6.07 Å². The molecular weight excluding hydrogens is 286 g/mol. The summed E-state index contributed by atoms with van der Waals surface area (Å²) in [6.45, 7) is 3.51. The van der Waals surface area contributed by atoms with E-state index in [1.807, 2.05) is 0 Å². The summed E-state index contributed by atoms with van der Waals surface area (Å²) in [4.78, 5) is 0. The van der Waals surface area contributed by atoms with Crippen LogP contribution in [0.15, 0.2) is 30.9 Å². The van der Waals surface area contributed by atoms with Crippen LogP contribution in [-0.4, -0.2) is 0 Å². The smallest absolute Gasteiger partial charge is 0.324 e. The molecule has 2 N–H and O–H groups in total. The fraction of sp³-hybridized carbons (Fsp3) is 0.333. The highest BCUT2D eigenvalue weighted by Gasteiger charge is 2.35. The first kappa shape index (κ1) is 17.3. The zero-order chi connectivity index (χ0) is 13.1. The number of hydrogen-bond acceptors (Lipinski definition) is 1. The molecule has 0 saturated heterocycles. The van der Waals surface area contributed by atoms with Crippen molar-refractivity contribution < 1.29 is 13.2 Å². The number of alkyl halides is 3. The van der Waals surface area contributed by atoms with Gasteiger partial charge in [0.25, 0.3) is 0 Å². The molecule has 1 nitrogen and oxygen atoms in total. The van der Waals surface area contributed by atoms with E-state index in [0.29, 0.717) is 12.8 Å². The third-order valence-electron chi connectivity index (χ3n) is 2.41. The quantitative estimate of drug-likeness (QED) is 0.798. The monoisotopic (exact) mass is 299 g/mol. The Morgan fingerprint density at radius 1 is 1.39 bits per heavy atom. The molecule has 0 aliphatic heterocycles. The van der Waals surface area contributed by atoms with Crippen LogP contribution in [0.5, 0.6) is 0 Å². The third kappa shape index (κ3) is 4.19. The lowest BCUT2D eigenvalue weighted by Gasteiger charge is -2.19. The first-order valence-corrected chi connectivity index (χ1v) is 5.47. The van der Waals surface area contributed by atoms with Crippen molar-refractivity contribution in [3.8, 4) is 0 Å². The highest BCUT2D eigenvalue weighted by Crippen LogP contribution is 2.38. The molecule has 1 aromatic rings. The minimum Gasteiger partial charge on any atom is -0.324 e. The summed E-state index contributed by atoms with van der Waals surface area (Å²) in [5.41, 5.74) is 4.95. The second-order valence-corrected chi connectivity index (χ2v) is 4.08. The van der Waals surface area contributed by atoms with Gasteiger partial charge in [0.15, 0.2) is 0 Å². The number of allylic oxidation sites excluding steroid dienone is 1. The SMILES string of the molecule is C=CCC[C@H](N)c1c(Cl)cccc1C(F)(F)F.Cl. The molecule has 0 saturated carbocycles. The van der Waals surface area contributed by atoms with Crippen molar-refractivity contribution in [2.24, 2.45) is 5.73 Å². The Hall–Kier alpha value is -0.710. The van der Waals surface area contributed by atoms with E-state index in [1.54, 1.807) is 6.08 Å². The average molecular weight is 300 g/mol. The van der Waals surface area contributed by atoms with Gasteiger partial charge in [0.1, 0.15) is 0 Å². The molecule has 1 rings (SSSR count). The summed E-state index contributed by atoms with van der Waals surface area (Å²) >= 11 is 5.80. The Bertz CT molecular complexity index is 405. The fourth-order valence-electron chi connectivity index (χ4n) is 1.60. The predicted octanol–water partition coefficient (Wildman–Crippen LogP) is 4.75. The van der Waals surface area contributed by atoms with E-state index >= 15 is 0 Å². The largest absolute Gasteiger partial charge is 0.416 e. The Morgan fingerprint density at radius 3 is 2.50 bits per heavy atom. The molecule has 102 valence electrons. The van der Waals surface area contributed by atoms with Gasteiger partial charge in [-0.25, -0.2) is 0 Å².